The molecule has 0 radical (unpaired) electrons. The fourth-order valence-electron chi connectivity index (χ4n) is 7.11. The van der Waals surface area contributed by atoms with Crippen LogP contribution in [0.25, 0.3) is 0 Å². The van der Waals surface area contributed by atoms with Gasteiger partial charge in [-0.15, -0.1) is 0 Å². The fourth-order valence-corrected chi connectivity index (χ4v) is 7.11. The van der Waals surface area contributed by atoms with Gasteiger partial charge in [-0.25, -0.2) is 9.78 Å². The van der Waals surface area contributed by atoms with Gasteiger partial charge in [0.25, 0.3) is 0 Å². The standard InChI is InChI=1S/C29H37N3O4/c1-19-10-11-21-12-13-22(31-27(21)30-19)8-4-3-5-15-35-23-17-32(18-23)26(28(33)34)24-9-6-7-20-14-16-36-29(32,2)25(20)24/h6-7,9,12-13,19,23,26H,3-5,8,10-11,14-18H2,1-2H3,(H-,30,31,33,34)/p+1. The van der Waals surface area contributed by atoms with E-state index in [1.54, 1.807) is 0 Å². The molecule has 1 aromatic heterocycles. The lowest BCUT2D eigenvalue weighted by Crippen LogP contribution is -2.74. The molecule has 1 fully saturated rings. The number of hydrogen-bond donors (Lipinski definition) is 2. The molecule has 36 heavy (non-hydrogen) atoms. The van der Waals surface area contributed by atoms with E-state index in [4.69, 9.17) is 14.5 Å². The number of carboxylic acid groups (broad SMARTS) is 1. The Balaban J connectivity index is 1.00. The molecule has 7 nitrogen and oxygen atoms in total. The van der Waals surface area contributed by atoms with Crippen molar-refractivity contribution in [2.24, 2.45) is 0 Å². The maximum absolute atomic E-state index is 12.4. The number of hydrogen-bond acceptors (Lipinski definition) is 5. The van der Waals surface area contributed by atoms with Crippen LogP contribution in [0.4, 0.5) is 5.82 Å². The van der Waals surface area contributed by atoms with Crippen LogP contribution < -0.4 is 5.32 Å². The molecule has 2 aromatic rings. The summed E-state index contributed by atoms with van der Waals surface area (Å²) in [6.45, 7) is 7.04. The van der Waals surface area contributed by atoms with Gasteiger partial charge < -0.3 is 19.9 Å². The van der Waals surface area contributed by atoms with Gasteiger partial charge in [-0.05, 0) is 62.6 Å². The summed E-state index contributed by atoms with van der Waals surface area (Å²) in [5, 5.41) is 13.7. The molecule has 1 spiro atoms. The van der Waals surface area contributed by atoms with E-state index >= 15 is 0 Å². The first-order valence-electron chi connectivity index (χ1n) is 13.6. The number of ether oxygens (including phenoxy) is 2. The van der Waals surface area contributed by atoms with E-state index in [1.807, 2.05) is 12.1 Å². The minimum absolute atomic E-state index is 0.0855. The minimum Gasteiger partial charge on any atom is -0.477 e. The molecule has 1 aromatic carbocycles. The molecule has 0 saturated carbocycles. The van der Waals surface area contributed by atoms with Gasteiger partial charge in [-0.2, -0.15) is 0 Å². The van der Waals surface area contributed by atoms with Crippen molar-refractivity contribution in [3.05, 3.63) is 58.3 Å². The van der Waals surface area contributed by atoms with Gasteiger partial charge in [-0.3, -0.25) is 4.48 Å². The highest BCUT2D eigenvalue weighted by molar-refractivity contribution is 5.76. The number of aromatic nitrogens is 1. The number of carboxylic acids is 1. The number of quaternary nitrogens is 1. The molecule has 2 N–H and O–H groups in total. The summed E-state index contributed by atoms with van der Waals surface area (Å²) in [6.07, 6.45) is 7.42. The van der Waals surface area contributed by atoms with Crippen molar-refractivity contribution < 1.29 is 23.9 Å². The molecule has 3 unspecified atom stereocenters. The summed E-state index contributed by atoms with van der Waals surface area (Å²) < 4.78 is 13.0. The number of unbranched alkanes of at least 4 members (excludes halogenated alkanes) is 2. The van der Waals surface area contributed by atoms with Gasteiger partial charge in [0.05, 0.1) is 12.2 Å². The number of aliphatic carboxylic acids is 1. The zero-order valence-corrected chi connectivity index (χ0v) is 21.5. The first-order chi connectivity index (χ1) is 17.4. The first-order valence-corrected chi connectivity index (χ1v) is 13.6. The number of carbonyl (C=O) groups is 1. The smallest absolute Gasteiger partial charge is 0.367 e. The molecule has 192 valence electrons. The maximum atomic E-state index is 12.4. The zero-order valence-electron chi connectivity index (χ0n) is 21.5. The lowest BCUT2D eigenvalue weighted by atomic mass is 9.90. The molecule has 5 heterocycles. The largest absolute Gasteiger partial charge is 0.477 e. The number of anilines is 1. The Kier molecular flexibility index (Phi) is 6.05. The third-order valence-electron chi connectivity index (χ3n) is 9.03. The SMILES string of the molecule is CC1CCc2ccc(CCCCCOC3C[N+]4(C3)C(C(=O)O)c3cccc5c3C4(C)OCC5)nc2N1. The summed E-state index contributed by atoms with van der Waals surface area (Å²) in [5.74, 6) is 0.310. The average molecular weight is 493 g/mol. The number of pyridine rings is 1. The molecule has 1 saturated heterocycles. The third-order valence-corrected chi connectivity index (χ3v) is 9.03. The fraction of sp³-hybridized carbons (Fsp3) is 0.586. The Morgan fingerprint density at radius 2 is 2.06 bits per heavy atom. The van der Waals surface area contributed by atoms with Gasteiger partial charge in [0.2, 0.25) is 11.8 Å². The lowest BCUT2D eigenvalue weighted by molar-refractivity contribution is -1.05. The van der Waals surface area contributed by atoms with Crippen LogP contribution in [-0.2, 0) is 39.3 Å². The number of aryl methyl sites for hydroxylation is 2. The van der Waals surface area contributed by atoms with Gasteiger partial charge in [0.1, 0.15) is 18.9 Å². The van der Waals surface area contributed by atoms with Gasteiger partial charge in [0, 0.05) is 30.8 Å². The van der Waals surface area contributed by atoms with E-state index in [0.29, 0.717) is 30.2 Å². The molecule has 7 heteroatoms. The van der Waals surface area contributed by atoms with Gasteiger partial charge in [0.15, 0.2) is 6.10 Å². The summed E-state index contributed by atoms with van der Waals surface area (Å²) in [7, 11) is 0. The van der Waals surface area contributed by atoms with Crippen LogP contribution in [-0.4, -0.2) is 59.0 Å². The van der Waals surface area contributed by atoms with Crippen LogP contribution in [0.5, 0.6) is 0 Å². The first kappa shape index (κ1) is 23.9. The van der Waals surface area contributed by atoms with E-state index < -0.39 is 17.7 Å². The molecule has 0 bridgehead atoms. The van der Waals surface area contributed by atoms with E-state index in [0.717, 1.165) is 67.8 Å². The summed E-state index contributed by atoms with van der Waals surface area (Å²) >= 11 is 0. The molecule has 0 amide bonds. The van der Waals surface area contributed by atoms with Crippen molar-refractivity contribution in [3.8, 4) is 0 Å². The van der Waals surface area contributed by atoms with E-state index in [9.17, 15) is 9.90 Å². The van der Waals surface area contributed by atoms with Crippen molar-refractivity contribution >= 4 is 11.8 Å². The minimum atomic E-state index is -0.762. The van der Waals surface area contributed by atoms with Crippen molar-refractivity contribution in [2.45, 2.75) is 82.7 Å². The predicted octanol–water partition coefficient (Wildman–Crippen LogP) is 4.34. The van der Waals surface area contributed by atoms with Crippen LogP contribution >= 0.6 is 0 Å². The third kappa shape index (κ3) is 3.75. The molecular weight excluding hydrogens is 454 g/mol. The van der Waals surface area contributed by atoms with E-state index in [2.05, 4.69) is 37.4 Å². The van der Waals surface area contributed by atoms with Crippen molar-refractivity contribution in [3.63, 3.8) is 0 Å². The van der Waals surface area contributed by atoms with Crippen molar-refractivity contribution in [2.75, 3.05) is 31.6 Å². The Morgan fingerprint density at radius 1 is 1.19 bits per heavy atom. The second-order valence-electron chi connectivity index (χ2n) is 11.3. The second-order valence-corrected chi connectivity index (χ2v) is 11.3. The highest BCUT2D eigenvalue weighted by atomic mass is 16.5. The monoisotopic (exact) mass is 492 g/mol. The highest BCUT2D eigenvalue weighted by Crippen LogP contribution is 2.59. The molecule has 6 rings (SSSR count). The van der Waals surface area contributed by atoms with E-state index in [-0.39, 0.29) is 6.10 Å². The van der Waals surface area contributed by atoms with Crippen LogP contribution in [0.15, 0.2) is 30.3 Å². The second kappa shape index (κ2) is 9.12. The molecule has 4 aliphatic rings. The summed E-state index contributed by atoms with van der Waals surface area (Å²) in [6, 6.07) is 10.4. The van der Waals surface area contributed by atoms with Crippen LogP contribution in [0.2, 0.25) is 0 Å². The summed E-state index contributed by atoms with van der Waals surface area (Å²) in [4.78, 5) is 17.3. The van der Waals surface area contributed by atoms with Crippen molar-refractivity contribution in [1.29, 1.82) is 0 Å². The Morgan fingerprint density at radius 3 is 2.89 bits per heavy atom. The van der Waals surface area contributed by atoms with Crippen LogP contribution in [0, 0.1) is 0 Å². The predicted molar refractivity (Wildman–Crippen MR) is 137 cm³/mol. The number of benzene rings is 1. The lowest BCUT2D eigenvalue weighted by Gasteiger charge is -2.57. The topological polar surface area (TPSA) is 80.7 Å². The number of fused-ring (bicyclic) bond motifs is 2. The van der Waals surface area contributed by atoms with E-state index in [1.165, 1.54) is 17.5 Å². The zero-order chi connectivity index (χ0) is 24.9. The molecule has 4 aliphatic heterocycles. The molecule has 3 atom stereocenters. The number of rotatable bonds is 8. The average Bonchev–Trinajstić information content (AvgIpc) is 3.07. The molecular formula is C29H38N3O4+. The number of nitrogens with zero attached hydrogens (tertiary/aromatic N) is 2. The van der Waals surface area contributed by atoms with Crippen LogP contribution in [0.3, 0.4) is 0 Å². The van der Waals surface area contributed by atoms with Crippen LogP contribution in [0.1, 0.15) is 73.5 Å². The quantitative estimate of drug-likeness (QED) is 0.422. The van der Waals surface area contributed by atoms with Gasteiger partial charge in [-0.1, -0.05) is 30.7 Å². The maximum Gasteiger partial charge on any atom is 0.367 e. The normalized spacial score (nSPS) is 31.9. The highest BCUT2D eigenvalue weighted by Gasteiger charge is 2.71. The summed E-state index contributed by atoms with van der Waals surface area (Å²) in [5.41, 5.74) is 5.19. The van der Waals surface area contributed by atoms with Crippen molar-refractivity contribution in [1.82, 2.24) is 4.98 Å². The molecule has 0 aliphatic carbocycles. The van der Waals surface area contributed by atoms with Gasteiger partial charge >= 0.3 is 5.97 Å². The number of nitrogens with one attached hydrogen (secondary N) is 1. The Bertz CT molecular complexity index is 1160. The Hall–Kier alpha value is -2.48. The Labute approximate surface area is 213 Å².